The number of unbranched alkanes of at least 4 members (excludes halogenated alkanes) is 1. The molecule has 2 aliphatic heterocycles. The molecule has 1 saturated heterocycles. The van der Waals surface area contributed by atoms with Gasteiger partial charge in [-0.2, -0.15) is 0 Å². The lowest BCUT2D eigenvalue weighted by molar-refractivity contribution is -0.122. The predicted octanol–water partition coefficient (Wildman–Crippen LogP) is 6.77. The second-order valence-electron chi connectivity index (χ2n) is 6.69. The molecule has 8 heteroatoms. The minimum absolute atomic E-state index is 0.00409. The molecule has 2 aromatic carbocycles. The maximum absolute atomic E-state index is 13.3. The van der Waals surface area contributed by atoms with E-state index in [4.69, 9.17) is 28.2 Å². The summed E-state index contributed by atoms with van der Waals surface area (Å²) in [7, 11) is 1.97. The highest BCUT2D eigenvalue weighted by Gasteiger charge is 2.38. The number of hydrogen-bond donors (Lipinski definition) is 0. The summed E-state index contributed by atoms with van der Waals surface area (Å²) in [6.07, 6.45) is 1.93. The molecule has 1 amide bonds. The Labute approximate surface area is 189 Å². The van der Waals surface area contributed by atoms with Crippen LogP contribution in [-0.2, 0) is 4.79 Å². The molecule has 0 saturated carbocycles. The Balaban J connectivity index is 1.71. The van der Waals surface area contributed by atoms with Crippen LogP contribution in [-0.4, -0.2) is 29.6 Å². The van der Waals surface area contributed by atoms with Crippen molar-refractivity contribution in [2.45, 2.75) is 24.7 Å². The Morgan fingerprint density at radius 2 is 1.76 bits per heavy atom. The van der Waals surface area contributed by atoms with Crippen molar-refractivity contribution in [3.8, 4) is 0 Å². The lowest BCUT2D eigenvalue weighted by Gasteiger charge is -2.16. The zero-order valence-corrected chi connectivity index (χ0v) is 19.1. The van der Waals surface area contributed by atoms with E-state index >= 15 is 0 Å². The highest BCUT2D eigenvalue weighted by atomic mass is 35.5. The number of amides is 1. The zero-order valence-electron chi connectivity index (χ0n) is 16.0. The van der Waals surface area contributed by atoms with Gasteiger partial charge in [0.2, 0.25) is 0 Å². The summed E-state index contributed by atoms with van der Waals surface area (Å²) >= 11 is 15.2. The van der Waals surface area contributed by atoms with Crippen LogP contribution in [0.25, 0.3) is 0 Å². The Morgan fingerprint density at radius 3 is 2.48 bits per heavy atom. The molecule has 4 rings (SSSR count). The van der Waals surface area contributed by atoms with Gasteiger partial charge in [0.15, 0.2) is 5.17 Å². The van der Waals surface area contributed by atoms with Crippen LogP contribution in [0.3, 0.4) is 0 Å². The van der Waals surface area contributed by atoms with Crippen molar-refractivity contribution in [2.24, 2.45) is 4.99 Å². The van der Waals surface area contributed by atoms with Gasteiger partial charge in [0.05, 0.1) is 16.4 Å². The summed E-state index contributed by atoms with van der Waals surface area (Å²) in [4.78, 5) is 23.7. The molecule has 2 heterocycles. The number of thioether (sulfide) groups is 2. The normalized spacial score (nSPS) is 20.1. The summed E-state index contributed by atoms with van der Waals surface area (Å²) < 4.78 is 0. The molecule has 0 atom stereocenters. The molecular formula is C21H19Cl2N3OS2. The molecule has 1 fully saturated rings. The number of halogens is 2. The summed E-state index contributed by atoms with van der Waals surface area (Å²) in [6, 6.07) is 13.1. The summed E-state index contributed by atoms with van der Waals surface area (Å²) in [5.74, 6) is 0.00409. The second kappa shape index (κ2) is 8.64. The monoisotopic (exact) mass is 463 g/mol. The Bertz CT molecular complexity index is 1020. The fourth-order valence-corrected chi connectivity index (χ4v) is 5.72. The number of anilines is 1. The Morgan fingerprint density at radius 1 is 1.03 bits per heavy atom. The van der Waals surface area contributed by atoms with Gasteiger partial charge in [0.25, 0.3) is 5.91 Å². The molecule has 0 unspecified atom stereocenters. The summed E-state index contributed by atoms with van der Waals surface area (Å²) in [5.41, 5.74) is 1.79. The molecule has 2 aromatic rings. The fraction of sp³-hybridized carbons (Fsp3) is 0.238. The van der Waals surface area contributed by atoms with Gasteiger partial charge in [-0.15, -0.1) is 0 Å². The van der Waals surface area contributed by atoms with Gasteiger partial charge >= 0.3 is 0 Å². The molecule has 0 spiro atoms. The van der Waals surface area contributed by atoms with E-state index in [9.17, 15) is 4.79 Å². The molecule has 4 nitrogen and oxygen atoms in total. The van der Waals surface area contributed by atoms with Crippen LogP contribution in [0.5, 0.6) is 0 Å². The van der Waals surface area contributed by atoms with Gasteiger partial charge in [-0.1, -0.05) is 48.3 Å². The lowest BCUT2D eigenvalue weighted by atomic mass is 10.3. The minimum atomic E-state index is 0.00409. The smallest absolute Gasteiger partial charge is 0.269 e. The maximum Gasteiger partial charge on any atom is 0.269 e. The van der Waals surface area contributed by atoms with Gasteiger partial charge in [-0.25, -0.2) is 4.99 Å². The predicted molar refractivity (Wildman–Crippen MR) is 125 cm³/mol. The average Bonchev–Trinajstić information content (AvgIpc) is 3.19. The van der Waals surface area contributed by atoms with E-state index in [-0.39, 0.29) is 5.91 Å². The van der Waals surface area contributed by atoms with Crippen LogP contribution in [0.2, 0.25) is 10.0 Å². The molecule has 0 aliphatic carbocycles. The first kappa shape index (κ1) is 20.7. The van der Waals surface area contributed by atoms with Crippen LogP contribution >= 0.6 is 46.7 Å². The molecular weight excluding hydrogens is 445 g/mol. The summed E-state index contributed by atoms with van der Waals surface area (Å²) in [6.45, 7) is 2.77. The van der Waals surface area contributed by atoms with E-state index in [1.807, 2.05) is 42.3 Å². The van der Waals surface area contributed by atoms with E-state index in [2.05, 4.69) is 6.92 Å². The lowest BCUT2D eigenvalue weighted by Crippen LogP contribution is -2.30. The molecule has 0 bridgehead atoms. The first-order chi connectivity index (χ1) is 14.0. The molecule has 0 radical (unpaired) electrons. The summed E-state index contributed by atoms with van der Waals surface area (Å²) in [5, 5.41) is 2.97. The zero-order chi connectivity index (χ0) is 20.5. The van der Waals surface area contributed by atoms with Crippen molar-refractivity contribution in [2.75, 3.05) is 18.5 Å². The number of carbonyl (C=O) groups excluding carboxylic acids is 1. The minimum Gasteiger partial charge on any atom is -0.337 e. The third-order valence-electron chi connectivity index (χ3n) is 4.64. The van der Waals surface area contributed by atoms with Gasteiger partial charge in [0.1, 0.15) is 4.91 Å². The van der Waals surface area contributed by atoms with Crippen LogP contribution in [0.4, 0.5) is 11.4 Å². The van der Waals surface area contributed by atoms with Gasteiger partial charge in [-0.05, 0) is 60.6 Å². The highest BCUT2D eigenvalue weighted by Crippen LogP contribution is 2.50. The SMILES string of the molecule is CCCCN1C(=O)/C(=C2/Sc3ccc(Cl)cc3N2C)SC1=Nc1ccc(Cl)cc1. The van der Waals surface area contributed by atoms with Crippen LogP contribution in [0, 0.1) is 0 Å². The topological polar surface area (TPSA) is 35.9 Å². The van der Waals surface area contributed by atoms with Crippen molar-refractivity contribution in [1.82, 2.24) is 4.90 Å². The number of rotatable bonds is 4. The third kappa shape index (κ3) is 4.17. The van der Waals surface area contributed by atoms with E-state index in [0.717, 1.165) is 34.1 Å². The highest BCUT2D eigenvalue weighted by molar-refractivity contribution is 8.19. The van der Waals surface area contributed by atoms with Crippen LogP contribution < -0.4 is 4.90 Å². The van der Waals surface area contributed by atoms with Crippen molar-refractivity contribution in [3.63, 3.8) is 0 Å². The number of carbonyl (C=O) groups is 1. The van der Waals surface area contributed by atoms with Crippen LogP contribution in [0.1, 0.15) is 19.8 Å². The third-order valence-corrected chi connectivity index (χ3v) is 7.56. The van der Waals surface area contributed by atoms with Gasteiger partial charge < -0.3 is 4.90 Å². The van der Waals surface area contributed by atoms with Crippen LogP contribution in [0.15, 0.2) is 62.3 Å². The largest absolute Gasteiger partial charge is 0.337 e. The fourth-order valence-electron chi connectivity index (χ4n) is 3.08. The Kier molecular flexibility index (Phi) is 6.16. The van der Waals surface area contributed by atoms with E-state index in [0.29, 0.717) is 26.7 Å². The number of aliphatic imine (C=N–C) groups is 1. The first-order valence-electron chi connectivity index (χ1n) is 9.27. The number of nitrogens with zero attached hydrogens (tertiary/aromatic N) is 3. The number of hydrogen-bond acceptors (Lipinski definition) is 5. The standard InChI is InChI=1S/C21H19Cl2N3OS2/c1-3-4-11-26-19(27)18(29-21(26)24-15-8-5-13(22)6-9-15)20-25(2)16-12-14(23)7-10-17(16)28-20/h5-10,12H,3-4,11H2,1-2H3/b20-18-,24-21?. The molecule has 150 valence electrons. The van der Waals surface area contributed by atoms with E-state index in [1.54, 1.807) is 28.8 Å². The van der Waals surface area contributed by atoms with E-state index in [1.165, 1.54) is 11.8 Å². The maximum atomic E-state index is 13.3. The van der Waals surface area contributed by atoms with Gasteiger partial charge in [0, 0.05) is 28.5 Å². The van der Waals surface area contributed by atoms with Crippen molar-refractivity contribution >= 4 is 69.2 Å². The van der Waals surface area contributed by atoms with Crippen molar-refractivity contribution in [1.29, 1.82) is 0 Å². The average molecular weight is 464 g/mol. The molecule has 29 heavy (non-hydrogen) atoms. The quantitative estimate of drug-likeness (QED) is 0.468. The first-order valence-corrected chi connectivity index (χ1v) is 11.7. The van der Waals surface area contributed by atoms with Crippen molar-refractivity contribution < 1.29 is 4.79 Å². The van der Waals surface area contributed by atoms with E-state index < -0.39 is 0 Å². The van der Waals surface area contributed by atoms with Crippen molar-refractivity contribution in [3.05, 3.63) is 62.4 Å². The second-order valence-corrected chi connectivity index (χ2v) is 9.57. The van der Waals surface area contributed by atoms with Gasteiger partial charge in [-0.3, -0.25) is 9.69 Å². The molecule has 0 aromatic heterocycles. The molecule has 0 N–H and O–H groups in total. The number of amidine groups is 1. The number of benzene rings is 2. The number of fused-ring (bicyclic) bond motifs is 1. The molecule has 2 aliphatic rings. The Hall–Kier alpha value is -1.60.